The van der Waals surface area contributed by atoms with E-state index in [1.165, 1.54) is 0 Å². The first-order valence-corrected chi connectivity index (χ1v) is 8.72. The van der Waals surface area contributed by atoms with E-state index in [0.29, 0.717) is 29.0 Å². The van der Waals surface area contributed by atoms with Gasteiger partial charge in [-0.1, -0.05) is 0 Å². The number of amides is 1. The lowest BCUT2D eigenvalue weighted by Crippen LogP contribution is -2.49. The molecule has 6 rings (SSSR count). The SMILES string of the molecule is N#Cc1cncc2c1O[C@H]1C[C@@H]2N(C(=O)C23CSC(C2)C3)C1. The van der Waals surface area contributed by atoms with E-state index >= 15 is 0 Å². The fraction of sp³-hybridized carbons (Fsp3) is 0.562. The highest BCUT2D eigenvalue weighted by Crippen LogP contribution is 2.59. The average molecular weight is 313 g/mol. The van der Waals surface area contributed by atoms with Crippen LogP contribution in [0.15, 0.2) is 12.4 Å². The Bertz CT molecular complexity index is 717. The Labute approximate surface area is 132 Å². The van der Waals surface area contributed by atoms with E-state index in [2.05, 4.69) is 11.1 Å². The summed E-state index contributed by atoms with van der Waals surface area (Å²) in [6.07, 6.45) is 6.20. The van der Waals surface area contributed by atoms with Crippen LogP contribution in [0, 0.1) is 16.7 Å². The maximum atomic E-state index is 13.1. The molecule has 0 aromatic carbocycles. The van der Waals surface area contributed by atoms with Crippen molar-refractivity contribution < 1.29 is 9.53 Å². The summed E-state index contributed by atoms with van der Waals surface area (Å²) in [6.45, 7) is 0.639. The molecule has 1 aliphatic carbocycles. The Kier molecular flexibility index (Phi) is 2.42. The van der Waals surface area contributed by atoms with Crippen LogP contribution in [0.1, 0.15) is 36.4 Å². The molecule has 1 saturated carbocycles. The molecule has 5 aliphatic rings. The van der Waals surface area contributed by atoms with Crippen molar-refractivity contribution in [2.24, 2.45) is 5.41 Å². The molecule has 1 aromatic rings. The van der Waals surface area contributed by atoms with Crippen LogP contribution in [-0.4, -0.2) is 39.4 Å². The van der Waals surface area contributed by atoms with Crippen LogP contribution in [0.25, 0.3) is 0 Å². The van der Waals surface area contributed by atoms with Crippen molar-refractivity contribution >= 4 is 17.7 Å². The van der Waals surface area contributed by atoms with Gasteiger partial charge in [-0.3, -0.25) is 9.78 Å². The quantitative estimate of drug-likeness (QED) is 0.792. The summed E-state index contributed by atoms with van der Waals surface area (Å²) in [4.78, 5) is 19.2. The molecule has 1 aromatic heterocycles. The van der Waals surface area contributed by atoms with Gasteiger partial charge in [0.25, 0.3) is 0 Å². The van der Waals surface area contributed by atoms with Gasteiger partial charge < -0.3 is 9.64 Å². The summed E-state index contributed by atoms with van der Waals surface area (Å²) >= 11 is 1.94. The van der Waals surface area contributed by atoms with Crippen molar-refractivity contribution in [2.75, 3.05) is 12.3 Å². The van der Waals surface area contributed by atoms with E-state index < -0.39 is 0 Å². The predicted molar refractivity (Wildman–Crippen MR) is 80.4 cm³/mol. The molecule has 0 N–H and O–H groups in total. The molecule has 6 heteroatoms. The van der Waals surface area contributed by atoms with Crippen molar-refractivity contribution in [1.82, 2.24) is 9.88 Å². The number of hydrogen-bond acceptors (Lipinski definition) is 5. The first-order valence-electron chi connectivity index (χ1n) is 7.67. The number of aromatic nitrogens is 1. The number of ether oxygens (including phenoxy) is 1. The summed E-state index contributed by atoms with van der Waals surface area (Å²) in [7, 11) is 0. The summed E-state index contributed by atoms with van der Waals surface area (Å²) in [5.41, 5.74) is 1.26. The van der Waals surface area contributed by atoms with Gasteiger partial charge in [-0.05, 0) is 12.8 Å². The molecule has 1 amide bonds. The van der Waals surface area contributed by atoms with Crippen LogP contribution in [0.4, 0.5) is 0 Å². The molecule has 4 bridgehead atoms. The Hall–Kier alpha value is -1.74. The van der Waals surface area contributed by atoms with Gasteiger partial charge in [0.2, 0.25) is 5.91 Å². The number of pyridine rings is 1. The maximum absolute atomic E-state index is 13.1. The summed E-state index contributed by atoms with van der Waals surface area (Å²) < 4.78 is 5.97. The number of carbonyl (C=O) groups excluding carboxylic acids is 1. The number of thioether (sulfide) groups is 1. The normalized spacial score (nSPS) is 37.0. The summed E-state index contributed by atoms with van der Waals surface area (Å²) in [6, 6.07) is 2.17. The topological polar surface area (TPSA) is 66.2 Å². The molecule has 4 fully saturated rings. The minimum atomic E-state index is -0.118. The van der Waals surface area contributed by atoms with Crippen LogP contribution in [0.3, 0.4) is 0 Å². The number of fused-ring (bicyclic) bond motifs is 5. The Morgan fingerprint density at radius 1 is 1.50 bits per heavy atom. The smallest absolute Gasteiger partial charge is 0.230 e. The average Bonchev–Trinajstić information content (AvgIpc) is 3.19. The zero-order chi connectivity index (χ0) is 14.9. The van der Waals surface area contributed by atoms with Gasteiger partial charge in [0, 0.05) is 35.4 Å². The number of likely N-dealkylation sites (tertiary alicyclic amines) is 1. The van der Waals surface area contributed by atoms with Gasteiger partial charge >= 0.3 is 0 Å². The Morgan fingerprint density at radius 2 is 2.36 bits per heavy atom. The molecular formula is C16H15N3O2S. The van der Waals surface area contributed by atoms with E-state index in [1.54, 1.807) is 12.4 Å². The molecule has 0 radical (unpaired) electrons. The second-order valence-electron chi connectivity index (χ2n) is 6.79. The first-order chi connectivity index (χ1) is 10.7. The van der Waals surface area contributed by atoms with Crippen LogP contribution in [-0.2, 0) is 4.79 Å². The lowest BCUT2D eigenvalue weighted by atomic mass is 9.69. The molecule has 5 nitrogen and oxygen atoms in total. The fourth-order valence-electron chi connectivity index (χ4n) is 4.35. The van der Waals surface area contributed by atoms with Crippen molar-refractivity contribution in [3.05, 3.63) is 23.5 Å². The minimum Gasteiger partial charge on any atom is -0.487 e. The van der Waals surface area contributed by atoms with Gasteiger partial charge in [0.05, 0.1) is 18.0 Å². The molecule has 4 aliphatic heterocycles. The van der Waals surface area contributed by atoms with Crippen molar-refractivity contribution in [2.45, 2.75) is 36.7 Å². The molecule has 112 valence electrons. The zero-order valence-corrected chi connectivity index (χ0v) is 12.8. The fourth-order valence-corrected chi connectivity index (χ4v) is 6.14. The Morgan fingerprint density at radius 3 is 3.09 bits per heavy atom. The highest BCUT2D eigenvalue weighted by Gasteiger charge is 2.59. The van der Waals surface area contributed by atoms with E-state index in [-0.39, 0.29) is 17.6 Å². The lowest BCUT2D eigenvalue weighted by molar-refractivity contribution is -0.145. The van der Waals surface area contributed by atoms with Crippen molar-refractivity contribution in [3.8, 4) is 11.8 Å². The van der Waals surface area contributed by atoms with Crippen LogP contribution >= 0.6 is 11.8 Å². The van der Waals surface area contributed by atoms with Gasteiger partial charge in [0.15, 0.2) is 0 Å². The lowest BCUT2D eigenvalue weighted by Gasteiger charge is -2.40. The molecule has 22 heavy (non-hydrogen) atoms. The highest BCUT2D eigenvalue weighted by atomic mass is 32.2. The van der Waals surface area contributed by atoms with E-state index in [9.17, 15) is 10.1 Å². The van der Waals surface area contributed by atoms with Crippen LogP contribution < -0.4 is 4.74 Å². The third-order valence-electron chi connectivity index (χ3n) is 5.50. The molecule has 3 saturated heterocycles. The molecule has 2 atom stereocenters. The molecule has 0 spiro atoms. The Balaban J connectivity index is 1.52. The van der Waals surface area contributed by atoms with Crippen molar-refractivity contribution in [3.63, 3.8) is 0 Å². The van der Waals surface area contributed by atoms with Gasteiger partial charge in [-0.15, -0.1) is 0 Å². The van der Waals surface area contributed by atoms with Gasteiger partial charge in [-0.2, -0.15) is 17.0 Å². The molecular weight excluding hydrogens is 298 g/mol. The number of nitrogens with zero attached hydrogens (tertiary/aromatic N) is 3. The molecule has 5 heterocycles. The van der Waals surface area contributed by atoms with E-state index in [4.69, 9.17) is 4.74 Å². The van der Waals surface area contributed by atoms with E-state index in [1.807, 2.05) is 16.7 Å². The highest BCUT2D eigenvalue weighted by molar-refractivity contribution is 8.00. The monoisotopic (exact) mass is 313 g/mol. The molecule has 0 unspecified atom stereocenters. The maximum Gasteiger partial charge on any atom is 0.230 e. The van der Waals surface area contributed by atoms with Crippen LogP contribution in [0.5, 0.6) is 5.75 Å². The number of carbonyl (C=O) groups is 1. The minimum absolute atomic E-state index is 0.0114. The standard InChI is InChI=1S/C16H15N3O2S/c17-4-9-5-18-6-12-13-1-10(21-14(9)12)7-19(13)15(20)16-2-11(3-16)22-8-16/h5-6,10-11,13H,1-3,7-8H2/t10-,11?,13-,16?/m0/s1. The number of nitriles is 1. The number of rotatable bonds is 1. The van der Waals surface area contributed by atoms with Crippen LogP contribution in [0.2, 0.25) is 0 Å². The predicted octanol–water partition coefficient (Wildman–Crippen LogP) is 1.88. The zero-order valence-electron chi connectivity index (χ0n) is 12.0. The van der Waals surface area contributed by atoms with Crippen molar-refractivity contribution in [1.29, 1.82) is 5.26 Å². The largest absolute Gasteiger partial charge is 0.487 e. The third-order valence-corrected chi connectivity index (χ3v) is 7.02. The third kappa shape index (κ3) is 1.50. The summed E-state index contributed by atoms with van der Waals surface area (Å²) in [5.74, 6) is 1.90. The first kappa shape index (κ1) is 12.8. The summed E-state index contributed by atoms with van der Waals surface area (Å²) in [5, 5.41) is 9.92. The second-order valence-corrected chi connectivity index (χ2v) is 8.08. The van der Waals surface area contributed by atoms with Gasteiger partial charge in [0.1, 0.15) is 23.5 Å². The van der Waals surface area contributed by atoms with E-state index in [0.717, 1.165) is 30.6 Å². The number of hydrogen-bond donors (Lipinski definition) is 0. The van der Waals surface area contributed by atoms with Gasteiger partial charge in [-0.25, -0.2) is 0 Å². The second kappa shape index (κ2) is 4.17.